The monoisotopic (exact) mass is 367 g/mol. The van der Waals surface area contributed by atoms with E-state index in [1.807, 2.05) is 0 Å². The van der Waals surface area contributed by atoms with E-state index in [-0.39, 0.29) is 5.91 Å². The summed E-state index contributed by atoms with van der Waals surface area (Å²) in [5, 5.41) is 9.38. The van der Waals surface area contributed by atoms with E-state index in [2.05, 4.69) is 6.92 Å². The van der Waals surface area contributed by atoms with Crippen LogP contribution in [0.1, 0.15) is 117 Å². The lowest BCUT2D eigenvalue weighted by Crippen LogP contribution is -2.50. The van der Waals surface area contributed by atoms with Crippen LogP contribution in [0.15, 0.2) is 0 Å². The summed E-state index contributed by atoms with van der Waals surface area (Å²) < 4.78 is 0. The van der Waals surface area contributed by atoms with E-state index < -0.39 is 11.5 Å². The molecule has 0 aromatic carbocycles. The van der Waals surface area contributed by atoms with Gasteiger partial charge in [-0.2, -0.15) is 0 Å². The first kappa shape index (κ1) is 23.0. The molecule has 1 aliphatic heterocycles. The molecule has 0 spiro atoms. The first-order chi connectivity index (χ1) is 12.5. The highest BCUT2D eigenvalue weighted by molar-refractivity contribution is 5.87. The average Bonchev–Trinajstić information content (AvgIpc) is 3.02. The van der Waals surface area contributed by atoms with Crippen LogP contribution in [0.2, 0.25) is 0 Å². The van der Waals surface area contributed by atoms with Crippen LogP contribution >= 0.6 is 0 Å². The maximum atomic E-state index is 12.3. The highest BCUT2D eigenvalue weighted by atomic mass is 16.4. The standard InChI is InChI=1S/C22H41NO3/c1-3-4-5-6-7-8-9-10-11-12-13-14-15-17-20(24)23-19-16-18-22(23,2)21(25)26/h3-19H2,1-2H3,(H,25,26)/t22-/m0/s1. The Bertz CT molecular complexity index is 410. The molecule has 0 radical (unpaired) electrons. The third-order valence-electron chi connectivity index (χ3n) is 5.90. The number of amides is 1. The van der Waals surface area contributed by atoms with Gasteiger partial charge in [0.2, 0.25) is 5.91 Å². The molecule has 1 fully saturated rings. The molecule has 4 heteroatoms. The van der Waals surface area contributed by atoms with Crippen molar-refractivity contribution in [3.05, 3.63) is 0 Å². The fourth-order valence-electron chi connectivity index (χ4n) is 4.01. The maximum Gasteiger partial charge on any atom is 0.329 e. The van der Waals surface area contributed by atoms with Crippen molar-refractivity contribution in [3.63, 3.8) is 0 Å². The summed E-state index contributed by atoms with van der Waals surface area (Å²) in [6, 6.07) is 0. The quantitative estimate of drug-likeness (QED) is 0.365. The van der Waals surface area contributed by atoms with Gasteiger partial charge in [0.1, 0.15) is 5.54 Å². The molecule has 152 valence electrons. The van der Waals surface area contributed by atoms with Crippen molar-refractivity contribution in [2.24, 2.45) is 0 Å². The van der Waals surface area contributed by atoms with Crippen LogP contribution in [-0.2, 0) is 9.59 Å². The Morgan fingerprint density at radius 1 is 0.846 bits per heavy atom. The Morgan fingerprint density at radius 2 is 1.31 bits per heavy atom. The van der Waals surface area contributed by atoms with Crippen LogP contribution in [0.5, 0.6) is 0 Å². The molecule has 1 heterocycles. The zero-order chi connectivity index (χ0) is 19.3. The Balaban J connectivity index is 1.96. The topological polar surface area (TPSA) is 57.6 Å². The van der Waals surface area contributed by atoms with Crippen LogP contribution in [0, 0.1) is 0 Å². The number of unbranched alkanes of at least 4 members (excludes halogenated alkanes) is 12. The van der Waals surface area contributed by atoms with Gasteiger partial charge >= 0.3 is 5.97 Å². The number of aliphatic carboxylic acids is 1. The second-order valence-corrected chi connectivity index (χ2v) is 8.22. The SMILES string of the molecule is CCCCCCCCCCCCCCCC(=O)N1CCC[C@@]1(C)C(=O)O. The van der Waals surface area contributed by atoms with Gasteiger partial charge in [-0.25, -0.2) is 4.79 Å². The number of rotatable bonds is 15. The summed E-state index contributed by atoms with van der Waals surface area (Å²) in [7, 11) is 0. The highest BCUT2D eigenvalue weighted by Gasteiger charge is 2.45. The number of carbonyl (C=O) groups excluding carboxylic acids is 1. The van der Waals surface area contributed by atoms with Gasteiger partial charge in [-0.05, 0) is 26.2 Å². The van der Waals surface area contributed by atoms with Gasteiger partial charge in [0.25, 0.3) is 0 Å². The molecular weight excluding hydrogens is 326 g/mol. The molecule has 0 aliphatic carbocycles. The summed E-state index contributed by atoms with van der Waals surface area (Å²) in [5.41, 5.74) is -0.979. The van der Waals surface area contributed by atoms with Gasteiger partial charge in [0.05, 0.1) is 0 Å². The number of nitrogens with zero attached hydrogens (tertiary/aromatic N) is 1. The molecule has 0 unspecified atom stereocenters. The van der Waals surface area contributed by atoms with Gasteiger partial charge in [0, 0.05) is 13.0 Å². The summed E-state index contributed by atoms with van der Waals surface area (Å²) in [6.45, 7) is 4.54. The van der Waals surface area contributed by atoms with Crippen molar-refractivity contribution < 1.29 is 14.7 Å². The molecule has 1 N–H and O–H groups in total. The second kappa shape index (κ2) is 13.2. The molecule has 4 nitrogen and oxygen atoms in total. The molecule has 1 atom stereocenters. The van der Waals surface area contributed by atoms with Gasteiger partial charge in [-0.1, -0.05) is 84.0 Å². The van der Waals surface area contributed by atoms with E-state index in [4.69, 9.17) is 0 Å². The molecule has 1 rings (SSSR count). The molecule has 26 heavy (non-hydrogen) atoms. The van der Waals surface area contributed by atoms with E-state index in [1.54, 1.807) is 11.8 Å². The minimum Gasteiger partial charge on any atom is -0.480 e. The lowest BCUT2D eigenvalue weighted by atomic mass is 9.98. The first-order valence-corrected chi connectivity index (χ1v) is 11.1. The minimum absolute atomic E-state index is 0.0236. The van der Waals surface area contributed by atoms with Crippen LogP contribution in [-0.4, -0.2) is 34.0 Å². The van der Waals surface area contributed by atoms with Crippen molar-refractivity contribution in [2.45, 2.75) is 122 Å². The molecule has 0 aromatic heterocycles. The number of carboxylic acids is 1. The third-order valence-corrected chi connectivity index (χ3v) is 5.90. The van der Waals surface area contributed by atoms with Gasteiger partial charge in [-0.3, -0.25) is 4.79 Å². The van der Waals surface area contributed by atoms with Crippen molar-refractivity contribution in [1.29, 1.82) is 0 Å². The van der Waals surface area contributed by atoms with E-state index in [1.165, 1.54) is 70.6 Å². The van der Waals surface area contributed by atoms with Crippen molar-refractivity contribution >= 4 is 11.9 Å². The van der Waals surface area contributed by atoms with Crippen molar-refractivity contribution in [3.8, 4) is 0 Å². The summed E-state index contributed by atoms with van der Waals surface area (Å²) in [4.78, 5) is 25.4. The molecule has 0 aromatic rings. The minimum atomic E-state index is -0.979. The fraction of sp³-hybridized carbons (Fsp3) is 0.909. The predicted molar refractivity (Wildman–Crippen MR) is 107 cm³/mol. The molecular formula is C22H41NO3. The number of carbonyl (C=O) groups is 2. The zero-order valence-electron chi connectivity index (χ0n) is 17.2. The average molecular weight is 368 g/mol. The Kier molecular flexibility index (Phi) is 11.6. The number of carboxylic acid groups (broad SMARTS) is 1. The lowest BCUT2D eigenvalue weighted by Gasteiger charge is -2.31. The van der Waals surface area contributed by atoms with Crippen LogP contribution in [0.3, 0.4) is 0 Å². The Labute approximate surface area is 160 Å². The molecule has 0 saturated carbocycles. The Hall–Kier alpha value is -1.06. The zero-order valence-corrected chi connectivity index (χ0v) is 17.2. The molecule has 0 bridgehead atoms. The van der Waals surface area contributed by atoms with E-state index in [9.17, 15) is 14.7 Å². The van der Waals surface area contributed by atoms with Crippen molar-refractivity contribution in [1.82, 2.24) is 4.90 Å². The van der Waals surface area contributed by atoms with Crippen LogP contribution in [0.4, 0.5) is 0 Å². The normalized spacial score (nSPS) is 19.8. The third kappa shape index (κ3) is 8.09. The maximum absolute atomic E-state index is 12.3. The summed E-state index contributed by atoms with van der Waals surface area (Å²) in [6.07, 6.45) is 18.6. The first-order valence-electron chi connectivity index (χ1n) is 11.1. The molecule has 1 amide bonds. The second-order valence-electron chi connectivity index (χ2n) is 8.22. The van der Waals surface area contributed by atoms with Gasteiger partial charge in [0.15, 0.2) is 0 Å². The molecule has 1 aliphatic rings. The van der Waals surface area contributed by atoms with Crippen LogP contribution < -0.4 is 0 Å². The summed E-state index contributed by atoms with van der Waals surface area (Å²) >= 11 is 0. The Morgan fingerprint density at radius 3 is 1.77 bits per heavy atom. The van der Waals surface area contributed by atoms with E-state index >= 15 is 0 Å². The van der Waals surface area contributed by atoms with Gasteiger partial charge in [-0.15, -0.1) is 0 Å². The molecule has 1 saturated heterocycles. The smallest absolute Gasteiger partial charge is 0.329 e. The van der Waals surface area contributed by atoms with E-state index in [0.717, 1.165) is 19.3 Å². The predicted octanol–water partition coefficient (Wildman–Crippen LogP) is 5.93. The van der Waals surface area contributed by atoms with Crippen LogP contribution in [0.25, 0.3) is 0 Å². The van der Waals surface area contributed by atoms with Crippen molar-refractivity contribution in [2.75, 3.05) is 6.54 Å². The summed E-state index contributed by atoms with van der Waals surface area (Å²) in [5.74, 6) is -0.843. The number of hydrogen-bond acceptors (Lipinski definition) is 2. The number of hydrogen-bond donors (Lipinski definition) is 1. The fourth-order valence-corrected chi connectivity index (χ4v) is 4.01. The highest BCUT2D eigenvalue weighted by Crippen LogP contribution is 2.30. The largest absolute Gasteiger partial charge is 0.480 e. The lowest BCUT2D eigenvalue weighted by molar-refractivity contribution is -0.155. The van der Waals surface area contributed by atoms with Gasteiger partial charge < -0.3 is 10.0 Å². The van der Waals surface area contributed by atoms with E-state index in [0.29, 0.717) is 19.4 Å². The number of likely N-dealkylation sites (tertiary alicyclic amines) is 1.